The van der Waals surface area contributed by atoms with Crippen molar-refractivity contribution in [3.8, 4) is 0 Å². The molecule has 2 N–H and O–H groups in total. The highest BCUT2D eigenvalue weighted by molar-refractivity contribution is 7.80. The van der Waals surface area contributed by atoms with Crippen LogP contribution in [0.3, 0.4) is 0 Å². The summed E-state index contributed by atoms with van der Waals surface area (Å²) in [5, 5.41) is 0. The standard InChI is InChI=1S/C11H10FNS/c12-9-4-3-7-1-2-8(5-11(13)14)10(7)6-9/h3-6H,1-2H2,(H2,13,14)/b8-5-. The molecule has 14 heavy (non-hydrogen) atoms. The molecule has 0 unspecified atom stereocenters. The van der Waals surface area contributed by atoms with E-state index in [9.17, 15) is 4.39 Å². The summed E-state index contributed by atoms with van der Waals surface area (Å²) >= 11 is 4.80. The Morgan fingerprint density at radius 1 is 1.43 bits per heavy atom. The van der Waals surface area contributed by atoms with E-state index in [2.05, 4.69) is 0 Å². The monoisotopic (exact) mass is 207 g/mol. The minimum Gasteiger partial charge on any atom is -0.390 e. The third kappa shape index (κ3) is 1.68. The molecule has 2 rings (SSSR count). The van der Waals surface area contributed by atoms with Crippen LogP contribution >= 0.6 is 12.2 Å². The van der Waals surface area contributed by atoms with Gasteiger partial charge in [-0.05, 0) is 47.8 Å². The molecule has 0 heterocycles. The van der Waals surface area contributed by atoms with E-state index in [1.807, 2.05) is 6.07 Å². The quantitative estimate of drug-likeness (QED) is 0.565. The fourth-order valence-electron chi connectivity index (χ4n) is 1.79. The Bertz CT molecular complexity index is 423. The maximum Gasteiger partial charge on any atom is 0.123 e. The molecule has 72 valence electrons. The molecule has 0 bridgehead atoms. The van der Waals surface area contributed by atoms with Gasteiger partial charge in [-0.3, -0.25) is 0 Å². The molecule has 0 spiro atoms. The van der Waals surface area contributed by atoms with Crippen molar-refractivity contribution < 1.29 is 4.39 Å². The third-order valence-electron chi connectivity index (χ3n) is 2.40. The number of hydrogen-bond acceptors (Lipinski definition) is 1. The van der Waals surface area contributed by atoms with Crippen LogP contribution in [-0.4, -0.2) is 4.99 Å². The number of benzene rings is 1. The van der Waals surface area contributed by atoms with Crippen molar-refractivity contribution in [2.24, 2.45) is 5.73 Å². The predicted octanol–water partition coefficient (Wildman–Crippen LogP) is 2.44. The number of thiocarbonyl (C=S) groups is 1. The van der Waals surface area contributed by atoms with E-state index < -0.39 is 0 Å². The van der Waals surface area contributed by atoms with Gasteiger partial charge in [0.25, 0.3) is 0 Å². The van der Waals surface area contributed by atoms with Gasteiger partial charge in [0.05, 0.1) is 4.99 Å². The molecule has 1 aromatic carbocycles. The van der Waals surface area contributed by atoms with Gasteiger partial charge in [0.2, 0.25) is 0 Å². The van der Waals surface area contributed by atoms with Crippen LogP contribution < -0.4 is 5.73 Å². The average molecular weight is 207 g/mol. The van der Waals surface area contributed by atoms with Crippen LogP contribution in [0.15, 0.2) is 24.3 Å². The lowest BCUT2D eigenvalue weighted by molar-refractivity contribution is 0.627. The summed E-state index contributed by atoms with van der Waals surface area (Å²) in [4.78, 5) is 0.358. The van der Waals surface area contributed by atoms with Crippen LogP contribution in [0.4, 0.5) is 4.39 Å². The summed E-state index contributed by atoms with van der Waals surface area (Å²) in [5.41, 5.74) is 8.61. The largest absolute Gasteiger partial charge is 0.390 e. The summed E-state index contributed by atoms with van der Waals surface area (Å²) in [6, 6.07) is 4.86. The Labute approximate surface area is 87.4 Å². The molecular weight excluding hydrogens is 197 g/mol. The number of rotatable bonds is 1. The fourth-order valence-corrected chi connectivity index (χ4v) is 1.93. The van der Waals surface area contributed by atoms with Crippen LogP contribution in [0.5, 0.6) is 0 Å². The van der Waals surface area contributed by atoms with Gasteiger partial charge in [0.1, 0.15) is 5.82 Å². The third-order valence-corrected chi connectivity index (χ3v) is 2.52. The second kappa shape index (κ2) is 3.50. The Hall–Kier alpha value is -1.22. The number of halogens is 1. The van der Waals surface area contributed by atoms with Gasteiger partial charge in [0.15, 0.2) is 0 Å². The van der Waals surface area contributed by atoms with Crippen molar-refractivity contribution >= 4 is 22.8 Å². The maximum absolute atomic E-state index is 13.0. The summed E-state index contributed by atoms with van der Waals surface area (Å²) in [7, 11) is 0. The van der Waals surface area contributed by atoms with Crippen LogP contribution in [0.1, 0.15) is 17.5 Å². The van der Waals surface area contributed by atoms with E-state index in [1.165, 1.54) is 11.6 Å². The minimum absolute atomic E-state index is 0.209. The highest BCUT2D eigenvalue weighted by Crippen LogP contribution is 2.32. The number of fused-ring (bicyclic) bond motifs is 1. The first-order chi connectivity index (χ1) is 6.66. The molecule has 0 aliphatic heterocycles. The van der Waals surface area contributed by atoms with E-state index in [0.29, 0.717) is 4.99 Å². The van der Waals surface area contributed by atoms with Crippen LogP contribution in [0.2, 0.25) is 0 Å². The summed E-state index contributed by atoms with van der Waals surface area (Å²) in [6.45, 7) is 0. The Balaban J connectivity index is 2.48. The van der Waals surface area contributed by atoms with Crippen molar-refractivity contribution in [2.45, 2.75) is 12.8 Å². The molecule has 1 nitrogen and oxygen atoms in total. The second-order valence-electron chi connectivity index (χ2n) is 3.37. The van der Waals surface area contributed by atoms with E-state index in [1.54, 1.807) is 12.1 Å². The highest BCUT2D eigenvalue weighted by Gasteiger charge is 2.16. The van der Waals surface area contributed by atoms with Crippen molar-refractivity contribution in [3.63, 3.8) is 0 Å². The Morgan fingerprint density at radius 2 is 2.21 bits per heavy atom. The van der Waals surface area contributed by atoms with Crippen LogP contribution in [0.25, 0.3) is 5.57 Å². The van der Waals surface area contributed by atoms with Crippen molar-refractivity contribution in [1.82, 2.24) is 0 Å². The van der Waals surface area contributed by atoms with Gasteiger partial charge in [-0.15, -0.1) is 0 Å². The lowest BCUT2D eigenvalue weighted by Gasteiger charge is -2.00. The summed E-state index contributed by atoms with van der Waals surface area (Å²) in [6.07, 6.45) is 3.60. The first kappa shape index (κ1) is 9.34. The van der Waals surface area contributed by atoms with Crippen LogP contribution in [-0.2, 0) is 6.42 Å². The van der Waals surface area contributed by atoms with E-state index in [-0.39, 0.29) is 5.82 Å². The van der Waals surface area contributed by atoms with Gasteiger partial charge in [-0.25, -0.2) is 4.39 Å². The highest BCUT2D eigenvalue weighted by atomic mass is 32.1. The maximum atomic E-state index is 13.0. The normalized spacial score (nSPS) is 17.1. The van der Waals surface area contributed by atoms with Crippen molar-refractivity contribution in [1.29, 1.82) is 0 Å². The molecule has 0 atom stereocenters. The number of hydrogen-bond donors (Lipinski definition) is 1. The average Bonchev–Trinajstić information content (AvgIpc) is 2.47. The number of allylic oxidation sites excluding steroid dienone is 1. The Morgan fingerprint density at radius 3 is 2.93 bits per heavy atom. The fraction of sp³-hybridized carbons (Fsp3) is 0.182. The van der Waals surface area contributed by atoms with Crippen molar-refractivity contribution in [3.05, 3.63) is 41.2 Å². The van der Waals surface area contributed by atoms with Gasteiger partial charge in [0, 0.05) is 0 Å². The lowest BCUT2D eigenvalue weighted by atomic mass is 10.1. The molecule has 0 aromatic heterocycles. The van der Waals surface area contributed by atoms with E-state index >= 15 is 0 Å². The van der Waals surface area contributed by atoms with Gasteiger partial charge in [-0.1, -0.05) is 18.3 Å². The molecule has 1 aromatic rings. The molecule has 0 saturated carbocycles. The molecule has 0 amide bonds. The van der Waals surface area contributed by atoms with Gasteiger partial charge in [-0.2, -0.15) is 0 Å². The van der Waals surface area contributed by atoms with Gasteiger partial charge < -0.3 is 5.73 Å². The first-order valence-corrected chi connectivity index (χ1v) is 4.86. The summed E-state index contributed by atoms with van der Waals surface area (Å²) in [5.74, 6) is -0.209. The Kier molecular flexibility index (Phi) is 2.33. The van der Waals surface area contributed by atoms with Crippen LogP contribution in [0, 0.1) is 5.82 Å². The topological polar surface area (TPSA) is 26.0 Å². The zero-order chi connectivity index (χ0) is 10.1. The zero-order valence-electron chi connectivity index (χ0n) is 7.59. The first-order valence-electron chi connectivity index (χ1n) is 4.45. The van der Waals surface area contributed by atoms with E-state index in [0.717, 1.165) is 24.0 Å². The lowest BCUT2D eigenvalue weighted by Crippen LogP contribution is -2.03. The molecule has 0 fully saturated rings. The SMILES string of the molecule is NC(=S)/C=C1/CCc2ccc(F)cc21. The molecule has 3 heteroatoms. The molecule has 1 aliphatic carbocycles. The summed E-state index contributed by atoms with van der Waals surface area (Å²) < 4.78 is 13.0. The number of nitrogens with two attached hydrogens (primary N) is 1. The number of aryl methyl sites for hydroxylation is 1. The zero-order valence-corrected chi connectivity index (χ0v) is 8.40. The minimum atomic E-state index is -0.209. The molecule has 0 radical (unpaired) electrons. The second-order valence-corrected chi connectivity index (χ2v) is 3.84. The molecular formula is C11H10FNS. The van der Waals surface area contributed by atoms with Gasteiger partial charge >= 0.3 is 0 Å². The molecule has 1 aliphatic rings. The van der Waals surface area contributed by atoms with Crippen molar-refractivity contribution in [2.75, 3.05) is 0 Å². The smallest absolute Gasteiger partial charge is 0.123 e. The predicted molar refractivity (Wildman–Crippen MR) is 59.5 cm³/mol. The van der Waals surface area contributed by atoms with E-state index in [4.69, 9.17) is 18.0 Å². The molecule has 0 saturated heterocycles.